The van der Waals surface area contributed by atoms with Crippen LogP contribution in [0, 0.1) is 25.7 Å². The van der Waals surface area contributed by atoms with E-state index >= 15 is 0 Å². The summed E-state index contributed by atoms with van der Waals surface area (Å²) in [5.41, 5.74) is 2.49. The van der Waals surface area contributed by atoms with Gasteiger partial charge >= 0.3 is 6.18 Å². The van der Waals surface area contributed by atoms with Crippen LogP contribution in [0.25, 0.3) is 22.3 Å². The maximum atomic E-state index is 12.7. The van der Waals surface area contributed by atoms with Gasteiger partial charge in [0.05, 0.1) is 11.3 Å². The molecule has 0 amide bonds. The first-order chi connectivity index (χ1) is 15.5. The average molecular weight is 484 g/mol. The van der Waals surface area contributed by atoms with Crippen molar-refractivity contribution in [3.8, 4) is 11.3 Å². The highest BCUT2D eigenvalue weighted by Gasteiger charge is 2.33. The Morgan fingerprint density at radius 2 is 1.94 bits per heavy atom. The van der Waals surface area contributed by atoms with Gasteiger partial charge in [0.25, 0.3) is 0 Å². The molecular formula is C22H25ClF3N5O2. The SMILES string of the molecule is Cc1cc2cc(-c3c(Cl)nc(NCC(F)(F)F)nc3N[C@@H]3C[C@H](CO)[C@@H](C)C3)oc2c(C)n1. The molecule has 3 atom stereocenters. The van der Waals surface area contributed by atoms with Crippen LogP contribution in [0.3, 0.4) is 0 Å². The van der Waals surface area contributed by atoms with E-state index in [1.807, 2.05) is 19.9 Å². The first-order valence-corrected chi connectivity index (χ1v) is 11.1. The first kappa shape index (κ1) is 23.6. The van der Waals surface area contributed by atoms with Crippen LogP contribution in [0.5, 0.6) is 0 Å². The topological polar surface area (TPSA) is 96.1 Å². The standard InChI is InChI=1S/C22H25ClF3N5O2/c1-10-4-15(6-14(10)8-32)29-20-17(19(23)30-21(31-20)27-9-22(24,25)26)16-7-13-5-11(2)28-12(3)18(13)33-16/h5,7,10,14-15,32H,4,6,8-9H2,1-3H3,(H2,27,29,30,31)/t10-,14+,15-/m0/s1. The van der Waals surface area contributed by atoms with Gasteiger partial charge in [-0.05, 0) is 50.7 Å². The predicted molar refractivity (Wildman–Crippen MR) is 120 cm³/mol. The van der Waals surface area contributed by atoms with Crippen molar-refractivity contribution in [1.29, 1.82) is 0 Å². The minimum Gasteiger partial charge on any atom is -0.454 e. The molecule has 1 aliphatic rings. The molecule has 0 saturated heterocycles. The van der Waals surface area contributed by atoms with Crippen molar-refractivity contribution in [1.82, 2.24) is 15.0 Å². The Balaban J connectivity index is 1.76. The molecule has 3 N–H and O–H groups in total. The minimum absolute atomic E-state index is 0.0349. The summed E-state index contributed by atoms with van der Waals surface area (Å²) in [4.78, 5) is 12.7. The van der Waals surface area contributed by atoms with E-state index in [0.717, 1.165) is 17.5 Å². The highest BCUT2D eigenvalue weighted by atomic mass is 35.5. The van der Waals surface area contributed by atoms with Crippen molar-refractivity contribution in [2.24, 2.45) is 11.8 Å². The van der Waals surface area contributed by atoms with E-state index in [9.17, 15) is 18.3 Å². The number of aliphatic hydroxyl groups excluding tert-OH is 1. The summed E-state index contributed by atoms with van der Waals surface area (Å²) in [5, 5.41) is 15.9. The van der Waals surface area contributed by atoms with Gasteiger partial charge in [0.1, 0.15) is 23.3 Å². The molecule has 1 fully saturated rings. The number of fused-ring (bicyclic) bond motifs is 1. The van der Waals surface area contributed by atoms with Crippen LogP contribution in [0.2, 0.25) is 5.15 Å². The fourth-order valence-corrected chi connectivity index (χ4v) is 4.67. The number of hydrogen-bond donors (Lipinski definition) is 3. The number of nitrogens with zero attached hydrogens (tertiary/aromatic N) is 3. The second kappa shape index (κ2) is 8.98. The average Bonchev–Trinajstić information content (AvgIpc) is 3.28. The van der Waals surface area contributed by atoms with E-state index in [1.54, 1.807) is 6.07 Å². The van der Waals surface area contributed by atoms with E-state index in [-0.39, 0.29) is 35.5 Å². The molecule has 0 aromatic carbocycles. The number of hydrogen-bond acceptors (Lipinski definition) is 7. The van der Waals surface area contributed by atoms with Gasteiger partial charge in [0.2, 0.25) is 5.95 Å². The van der Waals surface area contributed by atoms with E-state index in [4.69, 9.17) is 16.0 Å². The number of rotatable bonds is 6. The molecule has 0 aliphatic heterocycles. The number of aryl methyl sites for hydroxylation is 2. The van der Waals surface area contributed by atoms with Gasteiger partial charge in [-0.1, -0.05) is 18.5 Å². The van der Waals surface area contributed by atoms with Gasteiger partial charge in [-0.3, -0.25) is 4.98 Å². The fraction of sp³-hybridized carbons (Fsp3) is 0.500. The van der Waals surface area contributed by atoms with Crippen molar-refractivity contribution >= 4 is 34.3 Å². The van der Waals surface area contributed by atoms with Crippen LogP contribution in [-0.4, -0.2) is 45.4 Å². The molecule has 0 bridgehead atoms. The molecule has 3 aromatic heterocycles. The summed E-state index contributed by atoms with van der Waals surface area (Å²) in [7, 11) is 0. The Morgan fingerprint density at radius 1 is 1.18 bits per heavy atom. The molecule has 0 spiro atoms. The Morgan fingerprint density at radius 3 is 2.61 bits per heavy atom. The third-order valence-electron chi connectivity index (χ3n) is 5.98. The zero-order valence-corrected chi connectivity index (χ0v) is 19.2. The van der Waals surface area contributed by atoms with Crippen molar-refractivity contribution in [2.75, 3.05) is 23.8 Å². The van der Waals surface area contributed by atoms with Gasteiger partial charge in [0, 0.05) is 23.7 Å². The fourth-order valence-electron chi connectivity index (χ4n) is 4.41. The maximum absolute atomic E-state index is 12.7. The lowest BCUT2D eigenvalue weighted by atomic mass is 10.00. The summed E-state index contributed by atoms with van der Waals surface area (Å²) in [5.74, 6) is 0.850. The molecule has 0 unspecified atom stereocenters. The monoisotopic (exact) mass is 483 g/mol. The van der Waals surface area contributed by atoms with Gasteiger partial charge in [-0.2, -0.15) is 18.2 Å². The van der Waals surface area contributed by atoms with Crippen LogP contribution >= 0.6 is 11.6 Å². The van der Waals surface area contributed by atoms with Crippen molar-refractivity contribution in [3.63, 3.8) is 0 Å². The Kier molecular flexibility index (Phi) is 6.41. The lowest BCUT2D eigenvalue weighted by Gasteiger charge is -2.18. The lowest BCUT2D eigenvalue weighted by Crippen LogP contribution is -2.23. The van der Waals surface area contributed by atoms with Crippen LogP contribution in [-0.2, 0) is 0 Å². The van der Waals surface area contributed by atoms with Gasteiger partial charge in [-0.15, -0.1) is 0 Å². The van der Waals surface area contributed by atoms with Crippen LogP contribution in [0.4, 0.5) is 24.9 Å². The van der Waals surface area contributed by atoms with Gasteiger partial charge < -0.3 is 20.2 Å². The zero-order valence-electron chi connectivity index (χ0n) is 18.4. The largest absolute Gasteiger partial charge is 0.454 e. The number of nitrogens with one attached hydrogen (secondary N) is 2. The molecular weight excluding hydrogens is 459 g/mol. The number of aromatic nitrogens is 3. The third kappa shape index (κ3) is 5.16. The Labute approximate surface area is 193 Å². The maximum Gasteiger partial charge on any atom is 0.405 e. The number of pyridine rings is 1. The van der Waals surface area contributed by atoms with E-state index in [2.05, 4.69) is 32.5 Å². The van der Waals surface area contributed by atoms with Gasteiger partial charge in [0.15, 0.2) is 5.58 Å². The third-order valence-corrected chi connectivity index (χ3v) is 6.25. The number of aliphatic hydroxyl groups is 1. The molecule has 3 aromatic rings. The highest BCUT2D eigenvalue weighted by molar-refractivity contribution is 6.32. The molecule has 4 rings (SSSR count). The zero-order chi connectivity index (χ0) is 23.9. The number of furan rings is 1. The second-order valence-electron chi connectivity index (χ2n) is 8.64. The van der Waals surface area contributed by atoms with Crippen molar-refractivity contribution in [2.45, 2.75) is 45.8 Å². The molecule has 33 heavy (non-hydrogen) atoms. The predicted octanol–water partition coefficient (Wildman–Crippen LogP) is 5.35. The van der Waals surface area contributed by atoms with Gasteiger partial charge in [-0.25, -0.2) is 4.98 Å². The highest BCUT2D eigenvalue weighted by Crippen LogP contribution is 2.40. The summed E-state index contributed by atoms with van der Waals surface area (Å²) in [6.07, 6.45) is -2.95. The Bertz CT molecular complexity index is 1170. The van der Waals surface area contributed by atoms with Crippen molar-refractivity contribution in [3.05, 3.63) is 28.7 Å². The minimum atomic E-state index is -4.43. The Hall–Kier alpha value is -2.59. The molecule has 178 valence electrons. The molecule has 3 heterocycles. The molecule has 1 aliphatic carbocycles. The smallest absolute Gasteiger partial charge is 0.405 e. The lowest BCUT2D eigenvalue weighted by molar-refractivity contribution is -0.115. The normalized spacial score (nSPS) is 21.0. The number of halogens is 4. The second-order valence-corrected chi connectivity index (χ2v) is 9.00. The summed E-state index contributed by atoms with van der Waals surface area (Å²) < 4.78 is 44.2. The number of alkyl halides is 3. The van der Waals surface area contributed by atoms with E-state index < -0.39 is 12.7 Å². The number of anilines is 2. The summed E-state index contributed by atoms with van der Waals surface area (Å²) >= 11 is 6.46. The first-order valence-electron chi connectivity index (χ1n) is 10.7. The van der Waals surface area contributed by atoms with Crippen LogP contribution in [0.15, 0.2) is 16.5 Å². The summed E-state index contributed by atoms with van der Waals surface area (Å²) in [6.45, 7) is 4.56. The molecule has 11 heteroatoms. The molecule has 0 radical (unpaired) electrons. The van der Waals surface area contributed by atoms with Crippen molar-refractivity contribution < 1.29 is 22.7 Å². The van der Waals surface area contributed by atoms with Crippen LogP contribution in [0.1, 0.15) is 31.2 Å². The van der Waals surface area contributed by atoms with E-state index in [1.165, 1.54) is 0 Å². The summed E-state index contributed by atoms with van der Waals surface area (Å²) in [6, 6.07) is 3.64. The molecule has 1 saturated carbocycles. The van der Waals surface area contributed by atoms with E-state index in [0.29, 0.717) is 34.9 Å². The van der Waals surface area contributed by atoms with Crippen LogP contribution < -0.4 is 10.6 Å². The molecule has 7 nitrogen and oxygen atoms in total. The quantitative estimate of drug-likeness (QED) is 0.407.